The third kappa shape index (κ3) is 2.56. The number of hydrogen-bond acceptors (Lipinski definition) is 2. The van der Waals surface area contributed by atoms with Crippen LogP contribution >= 0.6 is 0 Å². The van der Waals surface area contributed by atoms with Gasteiger partial charge in [0, 0.05) is 12.1 Å². The van der Waals surface area contributed by atoms with E-state index in [2.05, 4.69) is 43.4 Å². The molecule has 0 spiro atoms. The SMILES string of the molecule is CC(C)c1cccc(C2(O)CC3CCCC(C2)N3)c1. The molecule has 2 nitrogen and oxygen atoms in total. The van der Waals surface area contributed by atoms with Crippen LogP contribution in [0.1, 0.15) is 63.0 Å². The lowest BCUT2D eigenvalue weighted by atomic mass is 9.73. The van der Waals surface area contributed by atoms with E-state index in [-0.39, 0.29) is 0 Å². The molecule has 2 heterocycles. The van der Waals surface area contributed by atoms with Crippen LogP contribution in [0.5, 0.6) is 0 Å². The minimum atomic E-state index is -0.619. The summed E-state index contributed by atoms with van der Waals surface area (Å²) in [6, 6.07) is 9.58. The number of hydrogen-bond donors (Lipinski definition) is 2. The Balaban J connectivity index is 1.89. The summed E-state index contributed by atoms with van der Waals surface area (Å²) in [5.41, 5.74) is 1.83. The second-order valence-corrected chi connectivity index (χ2v) is 6.71. The molecule has 1 aromatic rings. The van der Waals surface area contributed by atoms with E-state index in [9.17, 15) is 5.11 Å². The molecule has 0 radical (unpaired) electrons. The van der Waals surface area contributed by atoms with Crippen LogP contribution in [0.4, 0.5) is 0 Å². The average Bonchev–Trinajstić information content (AvgIpc) is 2.38. The van der Waals surface area contributed by atoms with Gasteiger partial charge >= 0.3 is 0 Å². The summed E-state index contributed by atoms with van der Waals surface area (Å²) in [7, 11) is 0. The minimum absolute atomic E-state index is 0.500. The van der Waals surface area contributed by atoms with E-state index < -0.39 is 5.60 Å². The Bertz CT molecular complexity index is 442. The van der Waals surface area contributed by atoms with Crippen LogP contribution in [0.25, 0.3) is 0 Å². The Morgan fingerprint density at radius 2 is 1.89 bits per heavy atom. The van der Waals surface area contributed by atoms with Gasteiger partial charge in [0.1, 0.15) is 0 Å². The third-order valence-electron chi connectivity index (χ3n) is 4.84. The zero-order chi connectivity index (χ0) is 13.5. The molecule has 1 aromatic carbocycles. The monoisotopic (exact) mass is 259 g/mol. The molecule has 2 N–H and O–H groups in total. The van der Waals surface area contributed by atoms with Crippen LogP contribution in [0.3, 0.4) is 0 Å². The molecule has 2 saturated heterocycles. The first kappa shape index (κ1) is 13.1. The molecule has 0 saturated carbocycles. The highest BCUT2D eigenvalue weighted by molar-refractivity contribution is 5.31. The van der Waals surface area contributed by atoms with Crippen LogP contribution in [-0.2, 0) is 5.60 Å². The first-order valence-corrected chi connectivity index (χ1v) is 7.66. The lowest BCUT2D eigenvalue weighted by Gasteiger charge is -2.45. The Hall–Kier alpha value is -0.860. The Morgan fingerprint density at radius 1 is 1.21 bits per heavy atom. The highest BCUT2D eigenvalue weighted by Crippen LogP contribution is 2.40. The fraction of sp³-hybridized carbons (Fsp3) is 0.647. The van der Waals surface area contributed by atoms with E-state index in [4.69, 9.17) is 0 Å². The third-order valence-corrected chi connectivity index (χ3v) is 4.84. The van der Waals surface area contributed by atoms with Gasteiger partial charge in [-0.15, -0.1) is 0 Å². The second kappa shape index (κ2) is 4.92. The Kier molecular flexibility index (Phi) is 3.40. The molecule has 2 atom stereocenters. The molecule has 3 rings (SSSR count). The quantitative estimate of drug-likeness (QED) is 0.854. The van der Waals surface area contributed by atoms with Gasteiger partial charge in [-0.05, 0) is 42.7 Å². The number of benzene rings is 1. The van der Waals surface area contributed by atoms with E-state index in [1.54, 1.807) is 0 Å². The maximum Gasteiger partial charge on any atom is 0.0926 e. The standard InChI is InChI=1S/C17H25NO/c1-12(2)13-5-3-6-14(9-13)17(19)10-15-7-4-8-16(11-17)18-15/h3,5-6,9,12,15-16,18-19H,4,7-8,10-11H2,1-2H3. The van der Waals surface area contributed by atoms with Crippen LogP contribution in [-0.4, -0.2) is 17.2 Å². The highest BCUT2D eigenvalue weighted by Gasteiger charge is 2.41. The first-order chi connectivity index (χ1) is 9.07. The van der Waals surface area contributed by atoms with Crippen molar-refractivity contribution in [1.82, 2.24) is 5.32 Å². The summed E-state index contributed by atoms with van der Waals surface area (Å²) in [5, 5.41) is 14.8. The van der Waals surface area contributed by atoms with Crippen molar-refractivity contribution < 1.29 is 5.11 Å². The summed E-state index contributed by atoms with van der Waals surface area (Å²) in [5.74, 6) is 0.518. The van der Waals surface area contributed by atoms with Crippen molar-refractivity contribution >= 4 is 0 Å². The summed E-state index contributed by atoms with van der Waals surface area (Å²) >= 11 is 0. The van der Waals surface area contributed by atoms with Gasteiger partial charge in [0.05, 0.1) is 5.60 Å². The predicted molar refractivity (Wildman–Crippen MR) is 78.2 cm³/mol. The maximum absolute atomic E-state index is 11.1. The van der Waals surface area contributed by atoms with Gasteiger partial charge in [-0.25, -0.2) is 0 Å². The molecule has 0 aromatic heterocycles. The van der Waals surface area contributed by atoms with Gasteiger partial charge in [0.15, 0.2) is 0 Å². The number of aliphatic hydroxyl groups is 1. The highest BCUT2D eigenvalue weighted by atomic mass is 16.3. The van der Waals surface area contributed by atoms with E-state index >= 15 is 0 Å². The minimum Gasteiger partial charge on any atom is -0.385 e. The zero-order valence-corrected chi connectivity index (χ0v) is 12.0. The fourth-order valence-electron chi connectivity index (χ4n) is 3.75. The molecule has 2 heteroatoms. The normalized spacial score (nSPS) is 34.5. The van der Waals surface area contributed by atoms with Gasteiger partial charge in [0.2, 0.25) is 0 Å². The zero-order valence-electron chi connectivity index (χ0n) is 12.0. The van der Waals surface area contributed by atoms with Gasteiger partial charge in [0.25, 0.3) is 0 Å². The molecule has 2 unspecified atom stereocenters. The summed E-state index contributed by atoms with van der Waals surface area (Å²) in [4.78, 5) is 0. The fourth-order valence-corrected chi connectivity index (χ4v) is 3.75. The van der Waals surface area contributed by atoms with Crippen molar-refractivity contribution in [2.75, 3.05) is 0 Å². The van der Waals surface area contributed by atoms with Crippen molar-refractivity contribution in [3.05, 3.63) is 35.4 Å². The smallest absolute Gasteiger partial charge is 0.0926 e. The van der Waals surface area contributed by atoms with Gasteiger partial charge < -0.3 is 10.4 Å². The van der Waals surface area contributed by atoms with Crippen LogP contribution in [0.15, 0.2) is 24.3 Å². The topological polar surface area (TPSA) is 32.3 Å². The van der Waals surface area contributed by atoms with Gasteiger partial charge in [-0.1, -0.05) is 44.5 Å². The average molecular weight is 259 g/mol. The van der Waals surface area contributed by atoms with Gasteiger partial charge in [-0.3, -0.25) is 0 Å². The lowest BCUT2D eigenvalue weighted by Crippen LogP contribution is -2.54. The molecule has 2 bridgehead atoms. The van der Waals surface area contributed by atoms with Crippen molar-refractivity contribution in [3.8, 4) is 0 Å². The van der Waals surface area contributed by atoms with Crippen molar-refractivity contribution in [1.29, 1.82) is 0 Å². The molecular weight excluding hydrogens is 234 g/mol. The van der Waals surface area contributed by atoms with Crippen molar-refractivity contribution in [3.63, 3.8) is 0 Å². The molecular formula is C17H25NO. The van der Waals surface area contributed by atoms with E-state index in [0.717, 1.165) is 18.4 Å². The van der Waals surface area contributed by atoms with Crippen LogP contribution in [0.2, 0.25) is 0 Å². The largest absolute Gasteiger partial charge is 0.385 e. The second-order valence-electron chi connectivity index (χ2n) is 6.71. The molecule has 2 aliphatic rings. The number of rotatable bonds is 2. The summed E-state index contributed by atoms with van der Waals surface area (Å²) < 4.78 is 0. The molecule has 0 amide bonds. The van der Waals surface area contributed by atoms with E-state index in [1.165, 1.54) is 24.8 Å². The van der Waals surface area contributed by atoms with E-state index in [0.29, 0.717) is 18.0 Å². The Morgan fingerprint density at radius 3 is 2.53 bits per heavy atom. The molecule has 0 aliphatic carbocycles. The summed E-state index contributed by atoms with van der Waals surface area (Å²) in [6.45, 7) is 4.42. The van der Waals surface area contributed by atoms with E-state index in [1.807, 2.05) is 0 Å². The number of fused-ring (bicyclic) bond motifs is 2. The lowest BCUT2D eigenvalue weighted by molar-refractivity contribution is -0.0359. The summed E-state index contributed by atoms with van der Waals surface area (Å²) in [6.07, 6.45) is 5.46. The van der Waals surface area contributed by atoms with Crippen LogP contribution < -0.4 is 5.32 Å². The number of nitrogens with one attached hydrogen (secondary N) is 1. The predicted octanol–water partition coefficient (Wildman–Crippen LogP) is 3.30. The Labute approximate surface area is 116 Å². The van der Waals surface area contributed by atoms with Crippen molar-refractivity contribution in [2.24, 2.45) is 0 Å². The maximum atomic E-state index is 11.1. The molecule has 2 aliphatic heterocycles. The number of piperidine rings is 2. The first-order valence-electron chi connectivity index (χ1n) is 7.66. The van der Waals surface area contributed by atoms with Gasteiger partial charge in [-0.2, -0.15) is 0 Å². The molecule has 19 heavy (non-hydrogen) atoms. The molecule has 104 valence electrons. The van der Waals surface area contributed by atoms with Crippen molar-refractivity contribution in [2.45, 2.75) is 69.6 Å². The molecule has 2 fully saturated rings. The van der Waals surface area contributed by atoms with Crippen LogP contribution in [0, 0.1) is 0 Å².